The van der Waals surface area contributed by atoms with Crippen molar-refractivity contribution in [1.82, 2.24) is 0 Å². The highest BCUT2D eigenvalue weighted by Crippen LogP contribution is 2.34. The van der Waals surface area contributed by atoms with E-state index in [4.69, 9.17) is 37.9 Å². The van der Waals surface area contributed by atoms with Gasteiger partial charge in [0.25, 0.3) is 0 Å². The van der Waals surface area contributed by atoms with Crippen molar-refractivity contribution in [3.05, 3.63) is 0 Å². The number of methoxy groups -OCH3 is 1. The van der Waals surface area contributed by atoms with Crippen LogP contribution in [0.4, 0.5) is 0 Å². The first-order chi connectivity index (χ1) is 16.6. The minimum Gasteiger partial charge on any atom is -0.466 e. The highest BCUT2D eigenvalue weighted by atomic mass is 16.7. The Labute approximate surface area is 206 Å². The molecule has 11 heteroatoms. The molecule has 35 heavy (non-hydrogen) atoms. The molecule has 4 aliphatic rings. The molecule has 0 aromatic carbocycles. The maximum Gasteiger partial charge on any atom is 0.305 e. The maximum absolute atomic E-state index is 11.3. The summed E-state index contributed by atoms with van der Waals surface area (Å²) < 4.78 is 44.0. The molecule has 0 saturated carbocycles. The number of rotatable bonds is 8. The lowest BCUT2D eigenvalue weighted by Gasteiger charge is -2.40. The summed E-state index contributed by atoms with van der Waals surface area (Å²) in [6.45, 7) is 9.04. The summed E-state index contributed by atoms with van der Waals surface area (Å²) >= 11 is 0. The van der Waals surface area contributed by atoms with Crippen molar-refractivity contribution in [2.45, 2.75) is 102 Å². The number of Topliss-reactive ketones (excluding diaryl/α,β-unsaturated/α-hetero) is 1. The van der Waals surface area contributed by atoms with Crippen LogP contribution in [0.25, 0.3) is 0 Å². The molecule has 11 nitrogen and oxygen atoms in total. The number of carbonyl (C=O) groups excluding carboxylic acids is 2. The fourth-order valence-corrected chi connectivity index (χ4v) is 4.49. The summed E-state index contributed by atoms with van der Waals surface area (Å²) in [4.78, 5) is 22.3. The molecule has 0 aliphatic carbocycles. The molecule has 8 atom stereocenters. The fraction of sp³-hybridized carbons (Fsp3) is 0.917. The molecule has 202 valence electrons. The average Bonchev–Trinajstić information content (AvgIpc) is 3.39. The summed E-state index contributed by atoms with van der Waals surface area (Å²) in [7, 11) is 1.65. The van der Waals surface area contributed by atoms with Gasteiger partial charge in [-0.3, -0.25) is 4.79 Å². The Kier molecular flexibility index (Phi) is 10.0. The number of hydrogen-bond acceptors (Lipinski definition) is 11. The molecule has 0 radical (unpaired) electrons. The van der Waals surface area contributed by atoms with Crippen LogP contribution in [0, 0.1) is 0 Å². The standard InChI is InChI=1S/C12H20O6.C12H20O5/c1-3-15-10(14)4-5-12(2)17-7-9-11(18-12)8(13)6-16-9;1-8(13)4-5-12(2)16-7-10-11(17-12)9(14-3)6-15-10/h8-9,11,13H,3-7H2,1-2H3;9-11H,4-7H2,1-3H3. The second kappa shape index (κ2) is 12.4. The Balaban J connectivity index is 0.000000196. The Morgan fingerprint density at radius 1 is 0.914 bits per heavy atom. The van der Waals surface area contributed by atoms with E-state index in [-0.39, 0.29) is 55.3 Å². The lowest BCUT2D eigenvalue weighted by atomic mass is 10.1. The summed E-state index contributed by atoms with van der Waals surface area (Å²) in [5.41, 5.74) is 0. The second-order valence-corrected chi connectivity index (χ2v) is 9.65. The van der Waals surface area contributed by atoms with E-state index < -0.39 is 17.7 Å². The monoisotopic (exact) mass is 504 g/mol. The van der Waals surface area contributed by atoms with Gasteiger partial charge in [0, 0.05) is 26.4 Å². The van der Waals surface area contributed by atoms with Crippen LogP contribution in [-0.4, -0.2) is 105 Å². The molecule has 4 aliphatic heterocycles. The van der Waals surface area contributed by atoms with Gasteiger partial charge in [-0.05, 0) is 27.7 Å². The van der Waals surface area contributed by atoms with Gasteiger partial charge in [0.15, 0.2) is 11.6 Å². The molecule has 1 N–H and O–H groups in total. The fourth-order valence-electron chi connectivity index (χ4n) is 4.49. The Hall–Kier alpha value is -1.18. The first kappa shape index (κ1) is 28.4. The van der Waals surface area contributed by atoms with E-state index in [1.165, 1.54) is 0 Å². The van der Waals surface area contributed by atoms with Gasteiger partial charge in [-0.1, -0.05) is 0 Å². The van der Waals surface area contributed by atoms with Crippen molar-refractivity contribution < 1.29 is 52.6 Å². The van der Waals surface area contributed by atoms with E-state index in [1.54, 1.807) is 27.9 Å². The van der Waals surface area contributed by atoms with Crippen molar-refractivity contribution in [2.24, 2.45) is 0 Å². The van der Waals surface area contributed by atoms with Gasteiger partial charge in [0.1, 0.15) is 42.4 Å². The highest BCUT2D eigenvalue weighted by Gasteiger charge is 2.48. The zero-order chi connectivity index (χ0) is 25.6. The van der Waals surface area contributed by atoms with Crippen LogP contribution >= 0.6 is 0 Å². The molecule has 8 unspecified atom stereocenters. The van der Waals surface area contributed by atoms with Crippen molar-refractivity contribution in [2.75, 3.05) is 40.1 Å². The van der Waals surface area contributed by atoms with Crippen molar-refractivity contribution in [3.8, 4) is 0 Å². The molecular formula is C24H40O11. The molecular weight excluding hydrogens is 464 g/mol. The van der Waals surface area contributed by atoms with Crippen LogP contribution in [0.2, 0.25) is 0 Å². The first-order valence-corrected chi connectivity index (χ1v) is 12.3. The third-order valence-corrected chi connectivity index (χ3v) is 6.63. The van der Waals surface area contributed by atoms with Gasteiger partial charge in [-0.15, -0.1) is 0 Å². The maximum atomic E-state index is 11.3. The van der Waals surface area contributed by atoms with E-state index in [0.717, 1.165) is 0 Å². The topological polar surface area (TPSA) is 128 Å². The van der Waals surface area contributed by atoms with E-state index in [1.807, 2.05) is 6.92 Å². The van der Waals surface area contributed by atoms with Gasteiger partial charge in [-0.25, -0.2) is 0 Å². The Morgan fingerprint density at radius 3 is 2.09 bits per heavy atom. The highest BCUT2D eigenvalue weighted by molar-refractivity contribution is 5.75. The van der Waals surface area contributed by atoms with Gasteiger partial charge < -0.3 is 47.8 Å². The van der Waals surface area contributed by atoms with Crippen LogP contribution in [0.1, 0.15) is 53.4 Å². The molecule has 4 saturated heterocycles. The largest absolute Gasteiger partial charge is 0.466 e. The number of aliphatic hydroxyl groups excluding tert-OH is 1. The van der Waals surface area contributed by atoms with Gasteiger partial charge >= 0.3 is 5.97 Å². The number of hydrogen-bond donors (Lipinski definition) is 1. The lowest BCUT2D eigenvalue weighted by Crippen LogP contribution is -2.51. The molecule has 0 aromatic rings. The smallest absolute Gasteiger partial charge is 0.305 e. The molecule has 0 bridgehead atoms. The van der Waals surface area contributed by atoms with Crippen molar-refractivity contribution in [3.63, 3.8) is 0 Å². The van der Waals surface area contributed by atoms with E-state index in [2.05, 4.69) is 0 Å². The third-order valence-electron chi connectivity index (χ3n) is 6.63. The molecule has 4 fully saturated rings. The SMILES string of the molecule is CCOC(=O)CCC1(C)OCC2OCC(O)C2O1.COC1COC2COC(C)(CCC(C)=O)OC12. The number of ether oxygens (including phenoxy) is 8. The van der Waals surface area contributed by atoms with Crippen LogP contribution in [0.3, 0.4) is 0 Å². The minimum atomic E-state index is -0.859. The number of esters is 1. The summed E-state index contributed by atoms with van der Waals surface area (Å²) in [5, 5.41) is 9.72. The summed E-state index contributed by atoms with van der Waals surface area (Å²) in [5.74, 6) is -1.68. The average molecular weight is 505 g/mol. The second-order valence-electron chi connectivity index (χ2n) is 9.65. The number of fused-ring (bicyclic) bond motifs is 2. The summed E-state index contributed by atoms with van der Waals surface area (Å²) in [6, 6.07) is 0. The number of ketones is 1. The Bertz CT molecular complexity index is 712. The quantitative estimate of drug-likeness (QED) is 0.478. The van der Waals surface area contributed by atoms with Crippen LogP contribution in [-0.2, 0) is 47.5 Å². The zero-order valence-electron chi connectivity index (χ0n) is 21.4. The predicted octanol–water partition coefficient (Wildman–Crippen LogP) is 1.12. The third kappa shape index (κ3) is 7.65. The minimum absolute atomic E-state index is 0.0412. The van der Waals surface area contributed by atoms with Crippen LogP contribution in [0.15, 0.2) is 0 Å². The van der Waals surface area contributed by atoms with Crippen LogP contribution < -0.4 is 0 Å². The molecule has 0 aromatic heterocycles. The molecule has 0 spiro atoms. The lowest BCUT2D eigenvalue weighted by molar-refractivity contribution is -0.312. The van der Waals surface area contributed by atoms with E-state index >= 15 is 0 Å². The predicted molar refractivity (Wildman–Crippen MR) is 121 cm³/mol. The van der Waals surface area contributed by atoms with Gasteiger partial charge in [0.2, 0.25) is 0 Å². The van der Waals surface area contributed by atoms with Gasteiger partial charge in [-0.2, -0.15) is 0 Å². The number of aliphatic hydroxyl groups is 1. The summed E-state index contributed by atoms with van der Waals surface area (Å²) in [6.07, 6.45) is 0.286. The van der Waals surface area contributed by atoms with Gasteiger partial charge in [0.05, 0.1) is 39.5 Å². The van der Waals surface area contributed by atoms with Crippen molar-refractivity contribution in [1.29, 1.82) is 0 Å². The van der Waals surface area contributed by atoms with Crippen molar-refractivity contribution >= 4 is 11.8 Å². The zero-order valence-corrected chi connectivity index (χ0v) is 21.4. The number of carbonyl (C=O) groups is 2. The van der Waals surface area contributed by atoms with E-state index in [9.17, 15) is 14.7 Å². The Morgan fingerprint density at radius 2 is 1.49 bits per heavy atom. The van der Waals surface area contributed by atoms with Crippen LogP contribution in [0.5, 0.6) is 0 Å². The molecule has 0 amide bonds. The molecule has 4 rings (SSSR count). The van der Waals surface area contributed by atoms with E-state index in [0.29, 0.717) is 45.7 Å². The molecule has 4 heterocycles. The normalized spacial score (nSPS) is 40.3. The first-order valence-electron chi connectivity index (χ1n) is 12.3.